The van der Waals surface area contributed by atoms with Gasteiger partial charge in [0.1, 0.15) is 11.5 Å². The number of rotatable bonds is 4. The van der Waals surface area contributed by atoms with E-state index in [4.69, 9.17) is 9.47 Å². The topological polar surface area (TPSA) is 55.8 Å². The molecule has 1 N–H and O–H groups in total. The highest BCUT2D eigenvalue weighted by Gasteiger charge is 2.32. The van der Waals surface area contributed by atoms with E-state index in [1.165, 1.54) is 6.07 Å². The molecule has 0 aliphatic carbocycles. The Hall–Kier alpha value is -2.23. The Morgan fingerprint density at radius 2 is 1.95 bits per heavy atom. The van der Waals surface area contributed by atoms with Crippen LogP contribution in [-0.4, -0.2) is 23.3 Å². The lowest BCUT2D eigenvalue weighted by Crippen LogP contribution is -2.39. The molecule has 106 valence electrons. The molecule has 0 heterocycles. The molecule has 2 rings (SSSR count). The van der Waals surface area contributed by atoms with E-state index in [1.807, 2.05) is 24.3 Å². The first-order valence-corrected chi connectivity index (χ1v) is 6.52. The van der Waals surface area contributed by atoms with Crippen molar-refractivity contribution in [2.75, 3.05) is 6.61 Å². The molecular weight excluding hydrogens is 256 g/mol. The van der Waals surface area contributed by atoms with Crippen LogP contribution in [0.15, 0.2) is 36.4 Å². The van der Waals surface area contributed by atoms with Gasteiger partial charge in [0.05, 0.1) is 6.61 Å². The number of fused-ring (bicyclic) bond motifs is 1. The molecule has 0 aliphatic rings. The van der Waals surface area contributed by atoms with Gasteiger partial charge in [-0.2, -0.15) is 0 Å². The number of phenolic OH excluding ortho intramolecular Hbond substituents is 1. The minimum atomic E-state index is -1.12. The van der Waals surface area contributed by atoms with E-state index in [1.54, 1.807) is 26.8 Å². The normalized spacial score (nSPS) is 11.3. The van der Waals surface area contributed by atoms with Crippen molar-refractivity contribution in [1.29, 1.82) is 0 Å². The smallest absolute Gasteiger partial charge is 0.349 e. The first-order chi connectivity index (χ1) is 9.44. The molecule has 0 bridgehead atoms. The van der Waals surface area contributed by atoms with Crippen LogP contribution in [0.5, 0.6) is 11.5 Å². The van der Waals surface area contributed by atoms with Crippen molar-refractivity contribution in [3.05, 3.63) is 36.4 Å². The number of aromatic hydroxyl groups is 1. The summed E-state index contributed by atoms with van der Waals surface area (Å²) in [7, 11) is 0. The predicted octanol–water partition coefficient (Wildman–Crippen LogP) is 3.27. The van der Waals surface area contributed by atoms with Gasteiger partial charge in [-0.3, -0.25) is 0 Å². The zero-order valence-corrected chi connectivity index (χ0v) is 11.8. The van der Waals surface area contributed by atoms with Gasteiger partial charge in [-0.05, 0) is 32.2 Å². The number of hydrogen-bond acceptors (Lipinski definition) is 4. The van der Waals surface area contributed by atoms with Gasteiger partial charge in [-0.25, -0.2) is 4.79 Å². The van der Waals surface area contributed by atoms with Crippen LogP contribution in [0, 0.1) is 0 Å². The molecule has 0 amide bonds. The Morgan fingerprint density at radius 1 is 1.25 bits per heavy atom. The molecule has 0 aliphatic heterocycles. The number of phenols is 1. The van der Waals surface area contributed by atoms with Crippen LogP contribution < -0.4 is 4.74 Å². The summed E-state index contributed by atoms with van der Waals surface area (Å²) >= 11 is 0. The van der Waals surface area contributed by atoms with Crippen LogP contribution in [0.4, 0.5) is 0 Å². The summed E-state index contributed by atoms with van der Waals surface area (Å²) < 4.78 is 10.8. The quantitative estimate of drug-likeness (QED) is 0.869. The van der Waals surface area contributed by atoms with E-state index in [9.17, 15) is 9.90 Å². The Labute approximate surface area is 117 Å². The number of carbonyl (C=O) groups excluding carboxylic acids is 1. The van der Waals surface area contributed by atoms with Crippen LogP contribution in [0.3, 0.4) is 0 Å². The SMILES string of the molecule is CCOC(=O)C(C)(C)Oc1cc(O)cc2ccccc12. The second-order valence-corrected chi connectivity index (χ2v) is 5.00. The number of esters is 1. The molecule has 0 radical (unpaired) electrons. The van der Waals surface area contributed by atoms with Crippen molar-refractivity contribution >= 4 is 16.7 Å². The summed E-state index contributed by atoms with van der Waals surface area (Å²) in [5.74, 6) is 0.115. The molecule has 0 saturated carbocycles. The van der Waals surface area contributed by atoms with E-state index in [0.29, 0.717) is 12.4 Å². The fourth-order valence-corrected chi connectivity index (χ4v) is 1.97. The van der Waals surface area contributed by atoms with E-state index in [2.05, 4.69) is 0 Å². The largest absolute Gasteiger partial charge is 0.508 e. The molecule has 0 unspecified atom stereocenters. The van der Waals surface area contributed by atoms with E-state index in [-0.39, 0.29) is 5.75 Å². The van der Waals surface area contributed by atoms with Crippen LogP contribution in [0.2, 0.25) is 0 Å². The number of ether oxygens (including phenoxy) is 2. The molecule has 0 spiro atoms. The fraction of sp³-hybridized carbons (Fsp3) is 0.312. The molecule has 0 aromatic heterocycles. The van der Waals surface area contributed by atoms with Crippen molar-refractivity contribution in [3.63, 3.8) is 0 Å². The van der Waals surface area contributed by atoms with E-state index < -0.39 is 11.6 Å². The predicted molar refractivity (Wildman–Crippen MR) is 77.0 cm³/mol. The second-order valence-electron chi connectivity index (χ2n) is 5.00. The van der Waals surface area contributed by atoms with Crippen LogP contribution in [-0.2, 0) is 9.53 Å². The minimum absolute atomic E-state index is 0.0957. The Bertz CT molecular complexity index is 631. The van der Waals surface area contributed by atoms with Gasteiger partial charge in [0.2, 0.25) is 0 Å². The van der Waals surface area contributed by atoms with Gasteiger partial charge >= 0.3 is 5.97 Å². The summed E-state index contributed by atoms with van der Waals surface area (Å²) in [6.45, 7) is 5.33. The van der Waals surface area contributed by atoms with Gasteiger partial charge in [-0.1, -0.05) is 24.3 Å². The van der Waals surface area contributed by atoms with Crippen LogP contribution >= 0.6 is 0 Å². The Balaban J connectivity index is 2.40. The average molecular weight is 274 g/mol. The van der Waals surface area contributed by atoms with Crippen molar-refractivity contribution < 1.29 is 19.4 Å². The molecule has 0 saturated heterocycles. The Kier molecular flexibility index (Phi) is 3.84. The summed E-state index contributed by atoms with van der Waals surface area (Å²) in [5, 5.41) is 11.4. The van der Waals surface area contributed by atoms with Crippen molar-refractivity contribution in [2.24, 2.45) is 0 Å². The highest BCUT2D eigenvalue weighted by molar-refractivity contribution is 5.90. The summed E-state index contributed by atoms with van der Waals surface area (Å²) in [6, 6.07) is 10.7. The first kappa shape index (κ1) is 14.2. The molecule has 0 atom stereocenters. The maximum Gasteiger partial charge on any atom is 0.349 e. The molecule has 2 aromatic carbocycles. The molecule has 4 heteroatoms. The first-order valence-electron chi connectivity index (χ1n) is 6.52. The summed E-state index contributed by atoms with van der Waals surface area (Å²) in [4.78, 5) is 11.9. The van der Waals surface area contributed by atoms with Gasteiger partial charge < -0.3 is 14.6 Å². The van der Waals surface area contributed by atoms with Gasteiger partial charge in [-0.15, -0.1) is 0 Å². The fourth-order valence-electron chi connectivity index (χ4n) is 1.97. The molecule has 4 nitrogen and oxygen atoms in total. The summed E-state index contributed by atoms with van der Waals surface area (Å²) in [6.07, 6.45) is 0. The summed E-state index contributed by atoms with van der Waals surface area (Å²) in [5.41, 5.74) is -1.12. The Morgan fingerprint density at radius 3 is 2.65 bits per heavy atom. The minimum Gasteiger partial charge on any atom is -0.508 e. The van der Waals surface area contributed by atoms with Gasteiger partial charge in [0.15, 0.2) is 5.60 Å². The van der Waals surface area contributed by atoms with Gasteiger partial charge in [0, 0.05) is 11.5 Å². The van der Waals surface area contributed by atoms with Crippen LogP contribution in [0.25, 0.3) is 10.8 Å². The molecule has 0 fully saturated rings. The zero-order chi connectivity index (χ0) is 14.8. The van der Waals surface area contributed by atoms with E-state index in [0.717, 1.165) is 10.8 Å². The van der Waals surface area contributed by atoms with Crippen molar-refractivity contribution in [1.82, 2.24) is 0 Å². The van der Waals surface area contributed by atoms with Crippen molar-refractivity contribution in [2.45, 2.75) is 26.4 Å². The maximum absolute atomic E-state index is 11.9. The molecule has 20 heavy (non-hydrogen) atoms. The standard InChI is InChI=1S/C16H18O4/c1-4-19-15(18)16(2,3)20-14-10-12(17)9-11-7-5-6-8-13(11)14/h5-10,17H,4H2,1-3H3. The van der Waals surface area contributed by atoms with E-state index >= 15 is 0 Å². The maximum atomic E-state index is 11.9. The number of carbonyl (C=O) groups is 1. The number of benzene rings is 2. The van der Waals surface area contributed by atoms with Gasteiger partial charge in [0.25, 0.3) is 0 Å². The number of hydrogen-bond donors (Lipinski definition) is 1. The zero-order valence-electron chi connectivity index (χ0n) is 11.8. The van der Waals surface area contributed by atoms with Crippen molar-refractivity contribution in [3.8, 4) is 11.5 Å². The third kappa shape index (κ3) is 2.85. The lowest BCUT2D eigenvalue weighted by Gasteiger charge is -2.25. The monoisotopic (exact) mass is 274 g/mol. The van der Waals surface area contributed by atoms with Crippen LogP contribution in [0.1, 0.15) is 20.8 Å². The average Bonchev–Trinajstić information content (AvgIpc) is 2.38. The molecular formula is C16H18O4. The lowest BCUT2D eigenvalue weighted by molar-refractivity contribution is -0.158. The lowest BCUT2D eigenvalue weighted by atomic mass is 10.1. The molecule has 2 aromatic rings. The third-order valence-electron chi connectivity index (χ3n) is 2.94. The third-order valence-corrected chi connectivity index (χ3v) is 2.94. The highest BCUT2D eigenvalue weighted by atomic mass is 16.6. The second kappa shape index (κ2) is 5.41. The highest BCUT2D eigenvalue weighted by Crippen LogP contribution is 2.33.